The number of anilines is 1. The monoisotopic (exact) mass is 269 g/mol. The van der Waals surface area contributed by atoms with E-state index in [1.165, 1.54) is 0 Å². The van der Waals surface area contributed by atoms with Gasteiger partial charge in [-0.3, -0.25) is 0 Å². The number of hydrogen-bond donors (Lipinski definition) is 2. The number of aromatic nitrogens is 2. The summed E-state index contributed by atoms with van der Waals surface area (Å²) in [6, 6.07) is 7.29. The molecular formula is C14H15N5O. The molecular weight excluding hydrogens is 254 g/mol. The van der Waals surface area contributed by atoms with E-state index in [-0.39, 0.29) is 0 Å². The van der Waals surface area contributed by atoms with E-state index in [4.69, 9.17) is 15.8 Å². The quantitative estimate of drug-likeness (QED) is 0.655. The third-order valence-corrected chi connectivity index (χ3v) is 2.76. The maximum Gasteiger partial charge on any atom is 0.224 e. The van der Waals surface area contributed by atoms with Gasteiger partial charge in [-0.25, -0.2) is 10.8 Å². The van der Waals surface area contributed by atoms with E-state index in [9.17, 15) is 0 Å². The number of nitrogen functional groups attached to an aromatic ring is 1. The molecule has 0 saturated carbocycles. The van der Waals surface area contributed by atoms with Crippen molar-refractivity contribution in [3.05, 3.63) is 40.7 Å². The molecule has 0 aliphatic carbocycles. The van der Waals surface area contributed by atoms with Crippen LogP contribution in [0.25, 0.3) is 0 Å². The maximum atomic E-state index is 8.94. The third kappa shape index (κ3) is 2.84. The average Bonchev–Trinajstić information content (AvgIpc) is 2.41. The summed E-state index contributed by atoms with van der Waals surface area (Å²) in [5.41, 5.74) is 4.82. The zero-order valence-electron chi connectivity index (χ0n) is 11.6. The highest BCUT2D eigenvalue weighted by Crippen LogP contribution is 2.29. The predicted octanol–water partition coefficient (Wildman–Crippen LogP) is 2.35. The van der Waals surface area contributed by atoms with Gasteiger partial charge in [-0.2, -0.15) is 10.2 Å². The fourth-order valence-corrected chi connectivity index (χ4v) is 1.95. The molecule has 0 aliphatic rings. The molecule has 0 fully saturated rings. The van der Waals surface area contributed by atoms with Gasteiger partial charge in [-0.05, 0) is 44.0 Å². The van der Waals surface area contributed by atoms with Crippen molar-refractivity contribution < 1.29 is 4.74 Å². The molecule has 0 spiro atoms. The highest BCUT2D eigenvalue weighted by atomic mass is 16.5. The fourth-order valence-electron chi connectivity index (χ4n) is 1.95. The molecule has 1 heterocycles. The van der Waals surface area contributed by atoms with Crippen LogP contribution in [0.2, 0.25) is 0 Å². The SMILES string of the molecule is Cc1nc(NN)cc(Oc2c(C)cc(C#N)cc2C)n1. The van der Waals surface area contributed by atoms with Crippen molar-refractivity contribution >= 4 is 5.82 Å². The van der Waals surface area contributed by atoms with Gasteiger partial charge in [0.1, 0.15) is 17.4 Å². The van der Waals surface area contributed by atoms with Crippen LogP contribution in [0.4, 0.5) is 5.82 Å². The number of hydrogen-bond acceptors (Lipinski definition) is 6. The molecule has 6 nitrogen and oxygen atoms in total. The van der Waals surface area contributed by atoms with Crippen molar-refractivity contribution in [3.8, 4) is 17.7 Å². The zero-order chi connectivity index (χ0) is 14.7. The first-order valence-corrected chi connectivity index (χ1v) is 6.05. The average molecular weight is 269 g/mol. The Labute approximate surface area is 117 Å². The lowest BCUT2D eigenvalue weighted by Gasteiger charge is -2.12. The molecule has 6 heteroatoms. The van der Waals surface area contributed by atoms with Gasteiger partial charge >= 0.3 is 0 Å². The number of benzene rings is 1. The Kier molecular flexibility index (Phi) is 3.82. The lowest BCUT2D eigenvalue weighted by molar-refractivity contribution is 0.453. The first kappa shape index (κ1) is 13.8. The maximum absolute atomic E-state index is 8.94. The fraction of sp³-hybridized carbons (Fsp3) is 0.214. The summed E-state index contributed by atoms with van der Waals surface area (Å²) in [5.74, 6) is 7.47. The van der Waals surface area contributed by atoms with E-state index < -0.39 is 0 Å². The molecule has 0 atom stereocenters. The molecule has 1 aromatic heterocycles. The molecule has 0 aliphatic heterocycles. The highest BCUT2D eigenvalue weighted by Gasteiger charge is 2.10. The molecule has 102 valence electrons. The van der Waals surface area contributed by atoms with Gasteiger partial charge in [0.2, 0.25) is 5.88 Å². The Morgan fingerprint density at radius 1 is 1.15 bits per heavy atom. The van der Waals surface area contributed by atoms with E-state index >= 15 is 0 Å². The van der Waals surface area contributed by atoms with E-state index in [1.54, 1.807) is 25.1 Å². The van der Waals surface area contributed by atoms with Gasteiger partial charge in [-0.15, -0.1) is 0 Å². The van der Waals surface area contributed by atoms with Gasteiger partial charge in [0.05, 0.1) is 11.6 Å². The number of nitrogens with zero attached hydrogens (tertiary/aromatic N) is 3. The van der Waals surface area contributed by atoms with Gasteiger partial charge in [0.15, 0.2) is 0 Å². The molecule has 0 unspecified atom stereocenters. The molecule has 2 rings (SSSR count). The topological polar surface area (TPSA) is 96.9 Å². The zero-order valence-corrected chi connectivity index (χ0v) is 11.6. The second-order valence-corrected chi connectivity index (χ2v) is 4.44. The minimum absolute atomic E-state index is 0.404. The summed E-state index contributed by atoms with van der Waals surface area (Å²) in [6.45, 7) is 5.53. The summed E-state index contributed by atoms with van der Waals surface area (Å²) >= 11 is 0. The Balaban J connectivity index is 2.40. The van der Waals surface area contributed by atoms with Crippen LogP contribution in [0, 0.1) is 32.1 Å². The number of nitrogens with two attached hydrogens (primary N) is 1. The van der Waals surface area contributed by atoms with Crippen LogP contribution in [0.1, 0.15) is 22.5 Å². The largest absolute Gasteiger partial charge is 0.438 e. The van der Waals surface area contributed by atoms with Crippen molar-refractivity contribution in [2.75, 3.05) is 5.43 Å². The highest BCUT2D eigenvalue weighted by molar-refractivity contribution is 5.49. The molecule has 0 saturated heterocycles. The first-order chi connectivity index (χ1) is 9.53. The standard InChI is InChI=1S/C14H15N5O/c1-8-4-11(7-15)5-9(2)14(8)20-13-6-12(19-16)17-10(3)18-13/h4-6H,16H2,1-3H3,(H,17,18,19). The van der Waals surface area contributed by atoms with E-state index in [1.807, 2.05) is 13.8 Å². The van der Waals surface area contributed by atoms with Gasteiger partial charge < -0.3 is 10.2 Å². The van der Waals surface area contributed by atoms with E-state index in [2.05, 4.69) is 21.5 Å². The molecule has 20 heavy (non-hydrogen) atoms. The van der Waals surface area contributed by atoms with Crippen LogP contribution in [0.5, 0.6) is 11.6 Å². The Morgan fingerprint density at radius 2 is 1.80 bits per heavy atom. The Bertz CT molecular complexity index is 667. The summed E-state index contributed by atoms with van der Waals surface area (Å²) in [5, 5.41) is 8.94. The number of ether oxygens (including phenoxy) is 1. The number of hydrazine groups is 1. The van der Waals surface area contributed by atoms with Crippen molar-refractivity contribution in [3.63, 3.8) is 0 Å². The van der Waals surface area contributed by atoms with E-state index in [0.29, 0.717) is 28.8 Å². The summed E-state index contributed by atoms with van der Waals surface area (Å²) < 4.78 is 5.81. The Morgan fingerprint density at radius 3 is 2.35 bits per heavy atom. The lowest BCUT2D eigenvalue weighted by Crippen LogP contribution is -2.10. The number of nitriles is 1. The minimum atomic E-state index is 0.404. The van der Waals surface area contributed by atoms with Gasteiger partial charge in [-0.1, -0.05) is 0 Å². The summed E-state index contributed by atoms with van der Waals surface area (Å²) in [4.78, 5) is 8.30. The number of nitrogens with one attached hydrogen (secondary N) is 1. The molecule has 3 N–H and O–H groups in total. The Hall–Kier alpha value is -2.65. The van der Waals surface area contributed by atoms with Crippen molar-refractivity contribution in [2.45, 2.75) is 20.8 Å². The third-order valence-electron chi connectivity index (χ3n) is 2.76. The van der Waals surface area contributed by atoms with Crippen LogP contribution in [0.15, 0.2) is 18.2 Å². The van der Waals surface area contributed by atoms with Crippen molar-refractivity contribution in [1.29, 1.82) is 5.26 Å². The molecule has 2 aromatic rings. The van der Waals surface area contributed by atoms with E-state index in [0.717, 1.165) is 11.1 Å². The minimum Gasteiger partial charge on any atom is -0.438 e. The predicted molar refractivity (Wildman–Crippen MR) is 75.3 cm³/mol. The van der Waals surface area contributed by atoms with Gasteiger partial charge in [0.25, 0.3) is 0 Å². The summed E-state index contributed by atoms with van der Waals surface area (Å²) in [7, 11) is 0. The smallest absolute Gasteiger partial charge is 0.224 e. The molecule has 0 bridgehead atoms. The molecule has 1 aromatic carbocycles. The van der Waals surface area contributed by atoms with Crippen LogP contribution in [-0.4, -0.2) is 9.97 Å². The second kappa shape index (κ2) is 5.55. The number of aryl methyl sites for hydroxylation is 3. The lowest BCUT2D eigenvalue weighted by atomic mass is 10.1. The van der Waals surface area contributed by atoms with Crippen LogP contribution in [-0.2, 0) is 0 Å². The molecule has 0 radical (unpaired) electrons. The first-order valence-electron chi connectivity index (χ1n) is 6.05. The number of rotatable bonds is 3. The van der Waals surface area contributed by atoms with Crippen LogP contribution in [0.3, 0.4) is 0 Å². The van der Waals surface area contributed by atoms with Crippen molar-refractivity contribution in [2.24, 2.45) is 5.84 Å². The van der Waals surface area contributed by atoms with Gasteiger partial charge in [0, 0.05) is 6.07 Å². The van der Waals surface area contributed by atoms with Crippen LogP contribution < -0.4 is 16.0 Å². The molecule has 0 amide bonds. The van der Waals surface area contributed by atoms with Crippen LogP contribution >= 0.6 is 0 Å². The normalized spacial score (nSPS) is 9.95. The second-order valence-electron chi connectivity index (χ2n) is 4.44. The summed E-state index contributed by atoms with van der Waals surface area (Å²) in [6.07, 6.45) is 0. The van der Waals surface area contributed by atoms with Crippen molar-refractivity contribution in [1.82, 2.24) is 9.97 Å².